The average molecular weight is 316 g/mol. The van der Waals surface area contributed by atoms with Crippen LogP contribution >= 0.6 is 11.8 Å². The lowest BCUT2D eigenvalue weighted by molar-refractivity contribution is -0.138. The number of rotatable bonds is 5. The first-order chi connectivity index (χ1) is 9.97. The largest absolute Gasteiger partial charge is 0.416 e. The van der Waals surface area contributed by atoms with Gasteiger partial charge in [0, 0.05) is 12.3 Å². The van der Waals surface area contributed by atoms with E-state index in [4.69, 9.17) is 5.73 Å². The Morgan fingerprint density at radius 2 is 1.95 bits per heavy atom. The first kappa shape index (κ1) is 15.8. The molecule has 4 nitrogen and oxygen atoms in total. The van der Waals surface area contributed by atoms with Gasteiger partial charge in [-0.1, -0.05) is 30.0 Å². The number of aromatic nitrogens is 3. The maximum Gasteiger partial charge on any atom is 0.416 e. The molecule has 21 heavy (non-hydrogen) atoms. The molecule has 0 bridgehead atoms. The quantitative estimate of drug-likeness (QED) is 0.861. The van der Waals surface area contributed by atoms with E-state index in [1.807, 2.05) is 6.92 Å². The van der Waals surface area contributed by atoms with Crippen LogP contribution in [0.2, 0.25) is 0 Å². The summed E-state index contributed by atoms with van der Waals surface area (Å²) in [5.74, 6) is 0.808. The van der Waals surface area contributed by atoms with Crippen molar-refractivity contribution in [3.8, 4) is 0 Å². The third kappa shape index (κ3) is 3.56. The van der Waals surface area contributed by atoms with Gasteiger partial charge in [0.15, 0.2) is 5.16 Å². The fourth-order valence-electron chi connectivity index (χ4n) is 1.96. The molecule has 0 spiro atoms. The van der Waals surface area contributed by atoms with Crippen molar-refractivity contribution in [1.82, 2.24) is 14.8 Å². The molecule has 0 aliphatic carbocycles. The van der Waals surface area contributed by atoms with E-state index >= 15 is 0 Å². The van der Waals surface area contributed by atoms with Gasteiger partial charge in [-0.2, -0.15) is 13.2 Å². The van der Waals surface area contributed by atoms with E-state index in [9.17, 15) is 13.2 Å². The van der Waals surface area contributed by atoms with Gasteiger partial charge in [0.1, 0.15) is 5.82 Å². The van der Waals surface area contributed by atoms with Crippen molar-refractivity contribution in [2.75, 3.05) is 0 Å². The van der Waals surface area contributed by atoms with Crippen LogP contribution in [0.25, 0.3) is 0 Å². The lowest BCUT2D eigenvalue weighted by Crippen LogP contribution is -2.09. The van der Waals surface area contributed by atoms with Gasteiger partial charge in [0.05, 0.1) is 12.1 Å². The van der Waals surface area contributed by atoms with Crippen LogP contribution in [-0.4, -0.2) is 14.8 Å². The van der Waals surface area contributed by atoms with E-state index < -0.39 is 11.7 Å². The van der Waals surface area contributed by atoms with Crippen molar-refractivity contribution in [1.29, 1.82) is 0 Å². The third-order valence-corrected chi connectivity index (χ3v) is 3.99. The van der Waals surface area contributed by atoms with Crippen molar-refractivity contribution in [3.63, 3.8) is 0 Å². The molecule has 0 saturated heterocycles. The molecule has 8 heteroatoms. The predicted octanol–water partition coefficient (Wildman–Crippen LogP) is 3.07. The van der Waals surface area contributed by atoms with Gasteiger partial charge in [-0.05, 0) is 18.6 Å². The van der Waals surface area contributed by atoms with Crippen LogP contribution in [0.3, 0.4) is 0 Å². The second-order valence-electron chi connectivity index (χ2n) is 4.29. The Kier molecular flexibility index (Phi) is 4.89. The number of nitrogens with two attached hydrogens (primary N) is 1. The van der Waals surface area contributed by atoms with Crippen molar-refractivity contribution in [3.05, 3.63) is 41.2 Å². The van der Waals surface area contributed by atoms with Crippen LogP contribution in [0.15, 0.2) is 29.4 Å². The Bertz CT molecular complexity index is 610. The molecule has 0 unspecified atom stereocenters. The number of halogens is 3. The zero-order valence-electron chi connectivity index (χ0n) is 11.4. The van der Waals surface area contributed by atoms with Crippen LogP contribution in [-0.2, 0) is 25.0 Å². The number of hydrogen-bond acceptors (Lipinski definition) is 4. The summed E-state index contributed by atoms with van der Waals surface area (Å²) in [5, 5.41) is 8.49. The van der Waals surface area contributed by atoms with Crippen LogP contribution in [0.4, 0.5) is 13.2 Å². The Balaban J connectivity index is 2.19. The van der Waals surface area contributed by atoms with Crippen molar-refractivity contribution < 1.29 is 13.2 Å². The van der Waals surface area contributed by atoms with Crippen LogP contribution in [0.5, 0.6) is 0 Å². The van der Waals surface area contributed by atoms with Crippen LogP contribution in [0, 0.1) is 0 Å². The van der Waals surface area contributed by atoms with Gasteiger partial charge in [0.25, 0.3) is 0 Å². The van der Waals surface area contributed by atoms with Gasteiger partial charge >= 0.3 is 6.18 Å². The van der Waals surface area contributed by atoms with Gasteiger partial charge in [-0.3, -0.25) is 0 Å². The van der Waals surface area contributed by atoms with E-state index in [0.717, 1.165) is 6.07 Å². The lowest BCUT2D eigenvalue weighted by atomic mass is 10.1. The molecule has 2 rings (SSSR count). The van der Waals surface area contributed by atoms with Gasteiger partial charge in [-0.15, -0.1) is 10.2 Å². The smallest absolute Gasteiger partial charge is 0.324 e. The van der Waals surface area contributed by atoms with E-state index in [0.29, 0.717) is 17.5 Å². The summed E-state index contributed by atoms with van der Waals surface area (Å²) in [5.41, 5.74) is 5.17. The summed E-state index contributed by atoms with van der Waals surface area (Å²) >= 11 is 1.22. The Hall–Kier alpha value is -1.54. The monoisotopic (exact) mass is 316 g/mol. The average Bonchev–Trinajstić information content (AvgIpc) is 2.86. The maximum absolute atomic E-state index is 12.9. The van der Waals surface area contributed by atoms with E-state index in [-0.39, 0.29) is 17.9 Å². The first-order valence-corrected chi connectivity index (χ1v) is 7.36. The fraction of sp³-hybridized carbons (Fsp3) is 0.385. The topological polar surface area (TPSA) is 56.7 Å². The summed E-state index contributed by atoms with van der Waals surface area (Å²) < 4.78 is 40.6. The van der Waals surface area contributed by atoms with Gasteiger partial charge < -0.3 is 10.3 Å². The minimum absolute atomic E-state index is 0.179. The van der Waals surface area contributed by atoms with Crippen molar-refractivity contribution >= 4 is 11.8 Å². The highest BCUT2D eigenvalue weighted by Crippen LogP contribution is 2.34. The summed E-state index contributed by atoms with van der Waals surface area (Å²) in [6.07, 6.45) is -4.35. The van der Waals surface area contributed by atoms with E-state index in [2.05, 4.69) is 10.2 Å². The molecule has 0 aliphatic rings. The Labute approximate surface area is 124 Å². The van der Waals surface area contributed by atoms with E-state index in [1.54, 1.807) is 10.6 Å². The molecule has 2 aromatic rings. The number of benzene rings is 1. The van der Waals surface area contributed by atoms with E-state index in [1.165, 1.54) is 23.9 Å². The highest BCUT2D eigenvalue weighted by Gasteiger charge is 2.32. The molecule has 114 valence electrons. The van der Waals surface area contributed by atoms with Crippen molar-refractivity contribution in [2.24, 2.45) is 5.73 Å². The minimum Gasteiger partial charge on any atom is -0.324 e. The summed E-state index contributed by atoms with van der Waals surface area (Å²) in [6.45, 7) is 2.79. The summed E-state index contributed by atoms with van der Waals surface area (Å²) in [7, 11) is 0. The molecule has 0 aliphatic heterocycles. The number of thioether (sulfide) groups is 1. The Morgan fingerprint density at radius 1 is 1.24 bits per heavy atom. The third-order valence-electron chi connectivity index (χ3n) is 2.97. The zero-order valence-corrected chi connectivity index (χ0v) is 12.2. The molecule has 0 fully saturated rings. The highest BCUT2D eigenvalue weighted by atomic mass is 32.2. The molecule has 0 radical (unpaired) electrons. The predicted molar refractivity (Wildman–Crippen MR) is 74.6 cm³/mol. The summed E-state index contributed by atoms with van der Waals surface area (Å²) in [4.78, 5) is 0. The lowest BCUT2D eigenvalue weighted by Gasteiger charge is -2.12. The maximum atomic E-state index is 12.9. The molecule has 1 aromatic carbocycles. The molecule has 0 saturated carbocycles. The molecule has 2 N–H and O–H groups in total. The highest BCUT2D eigenvalue weighted by molar-refractivity contribution is 7.98. The Morgan fingerprint density at radius 3 is 2.57 bits per heavy atom. The van der Waals surface area contributed by atoms with Crippen LogP contribution in [0.1, 0.15) is 23.9 Å². The molecule has 0 atom stereocenters. The molecule has 0 amide bonds. The normalized spacial score (nSPS) is 11.9. The number of alkyl halides is 3. The number of nitrogens with zero attached hydrogens (tertiary/aromatic N) is 3. The zero-order chi connectivity index (χ0) is 15.5. The summed E-state index contributed by atoms with van der Waals surface area (Å²) in [6, 6.07) is 5.55. The van der Waals surface area contributed by atoms with Crippen LogP contribution < -0.4 is 5.73 Å². The number of hydrogen-bond donors (Lipinski definition) is 1. The fourth-order valence-corrected chi connectivity index (χ4v) is 2.98. The SMILES string of the molecule is CCn1c(CN)nnc1SCc1ccccc1C(F)(F)F. The molecular formula is C13H15F3N4S. The van der Waals surface area contributed by atoms with Gasteiger partial charge in [0.2, 0.25) is 0 Å². The van der Waals surface area contributed by atoms with Crippen molar-refractivity contribution in [2.45, 2.75) is 37.1 Å². The minimum atomic E-state index is -4.35. The standard InChI is InChI=1S/C13H15F3N4S/c1-2-20-11(7-17)18-19-12(20)21-8-9-5-3-4-6-10(9)13(14,15)16/h3-6H,2,7-8,17H2,1H3. The second-order valence-corrected chi connectivity index (χ2v) is 5.23. The van der Waals surface area contributed by atoms with Gasteiger partial charge in [-0.25, -0.2) is 0 Å². The molecule has 1 heterocycles. The molecule has 1 aromatic heterocycles. The molecular weight excluding hydrogens is 301 g/mol. The first-order valence-electron chi connectivity index (χ1n) is 6.37. The second kappa shape index (κ2) is 6.48.